The van der Waals surface area contributed by atoms with Gasteiger partial charge in [0.05, 0.1) is 16.0 Å². The van der Waals surface area contributed by atoms with E-state index < -0.39 is 5.97 Å². The van der Waals surface area contributed by atoms with Crippen molar-refractivity contribution in [3.8, 4) is 0 Å². The van der Waals surface area contributed by atoms with Crippen molar-refractivity contribution in [1.82, 2.24) is 4.37 Å². The molecule has 0 unspecified atom stereocenters. The second-order valence-corrected chi connectivity index (χ2v) is 3.62. The predicted octanol–water partition coefficient (Wildman–Crippen LogP) is 2.39. The second-order valence-electron chi connectivity index (χ2n) is 2.81. The molecule has 1 aromatic carbocycles. The van der Waals surface area contributed by atoms with Gasteiger partial charge in [-0.3, -0.25) is 0 Å². The van der Waals surface area contributed by atoms with Crippen LogP contribution in [0.15, 0.2) is 30.8 Å². The highest BCUT2D eigenvalue weighted by Gasteiger charge is 2.13. The normalized spacial score (nSPS) is 10.3. The Labute approximate surface area is 84.5 Å². The van der Waals surface area contributed by atoms with Crippen LogP contribution in [-0.4, -0.2) is 15.4 Å². The van der Waals surface area contributed by atoms with Crippen LogP contribution in [-0.2, 0) is 4.79 Å². The fourth-order valence-corrected chi connectivity index (χ4v) is 2.01. The minimum absolute atomic E-state index is 0.0439. The van der Waals surface area contributed by atoms with Gasteiger partial charge in [-0.05, 0) is 17.6 Å². The Morgan fingerprint density at radius 1 is 1.43 bits per heavy atom. The summed E-state index contributed by atoms with van der Waals surface area (Å²) in [6, 6.07) is 7.51. The molecule has 0 aliphatic heterocycles. The third-order valence-corrected chi connectivity index (χ3v) is 2.75. The first-order valence-electron chi connectivity index (χ1n) is 3.97. The average molecular weight is 205 g/mol. The molecule has 1 N–H and O–H groups in total. The molecular weight excluding hydrogens is 198 g/mol. The number of nitrogens with zero attached hydrogens (tertiary/aromatic N) is 1. The number of hydrogen-bond acceptors (Lipinski definition) is 3. The van der Waals surface area contributed by atoms with Crippen molar-refractivity contribution in [2.75, 3.05) is 0 Å². The highest BCUT2D eigenvalue weighted by molar-refractivity contribution is 7.13. The molecule has 0 atom stereocenters. The first-order valence-corrected chi connectivity index (χ1v) is 4.74. The van der Waals surface area contributed by atoms with E-state index in [2.05, 4.69) is 11.0 Å². The molecule has 14 heavy (non-hydrogen) atoms. The van der Waals surface area contributed by atoms with Gasteiger partial charge >= 0.3 is 5.97 Å². The van der Waals surface area contributed by atoms with Crippen molar-refractivity contribution in [3.05, 3.63) is 36.5 Å². The van der Waals surface area contributed by atoms with Crippen LogP contribution in [0.2, 0.25) is 0 Å². The molecule has 0 saturated carbocycles. The topological polar surface area (TPSA) is 50.2 Å². The molecule has 3 nitrogen and oxygen atoms in total. The summed E-state index contributed by atoms with van der Waals surface area (Å²) < 4.78 is 5.05. The van der Waals surface area contributed by atoms with Gasteiger partial charge in [-0.25, -0.2) is 4.79 Å². The lowest BCUT2D eigenvalue weighted by Gasteiger charge is -1.95. The lowest BCUT2D eigenvalue weighted by atomic mass is 10.1. The van der Waals surface area contributed by atoms with Gasteiger partial charge in [0.2, 0.25) is 0 Å². The first-order chi connectivity index (χ1) is 6.70. The highest BCUT2D eigenvalue weighted by Crippen LogP contribution is 2.26. The molecule has 0 amide bonds. The third-order valence-electron chi connectivity index (χ3n) is 1.92. The number of aliphatic carboxylic acids is 1. The number of carboxylic acid groups (broad SMARTS) is 1. The molecule has 0 spiro atoms. The Balaban J connectivity index is 2.64. The number of fused-ring (bicyclic) bond motifs is 1. The second kappa shape index (κ2) is 3.23. The smallest absolute Gasteiger partial charge is 0.337 e. The number of rotatable bonds is 2. The number of hydrogen-bond donors (Lipinski definition) is 1. The quantitative estimate of drug-likeness (QED) is 0.766. The predicted molar refractivity (Wildman–Crippen MR) is 56.3 cm³/mol. The van der Waals surface area contributed by atoms with Crippen molar-refractivity contribution in [2.45, 2.75) is 0 Å². The SMILES string of the molecule is C=C(C(=O)O)c1nsc2ccccc12. The number of aromatic nitrogens is 1. The van der Waals surface area contributed by atoms with Gasteiger partial charge in [0.1, 0.15) is 0 Å². The lowest BCUT2D eigenvalue weighted by molar-refractivity contribution is -0.130. The Bertz CT molecular complexity index is 516. The average Bonchev–Trinajstić information content (AvgIpc) is 2.60. The Morgan fingerprint density at radius 3 is 2.86 bits per heavy atom. The largest absolute Gasteiger partial charge is 0.478 e. The van der Waals surface area contributed by atoms with E-state index in [0.29, 0.717) is 5.69 Å². The summed E-state index contributed by atoms with van der Waals surface area (Å²) >= 11 is 1.29. The lowest BCUT2D eigenvalue weighted by Crippen LogP contribution is -1.98. The fourth-order valence-electron chi connectivity index (χ4n) is 1.20. The molecule has 0 saturated heterocycles. The summed E-state index contributed by atoms with van der Waals surface area (Å²) in [5, 5.41) is 9.63. The van der Waals surface area contributed by atoms with Crippen LogP contribution in [0.25, 0.3) is 15.7 Å². The van der Waals surface area contributed by atoms with Crippen LogP contribution >= 0.6 is 11.5 Å². The Hall–Kier alpha value is -1.68. The van der Waals surface area contributed by atoms with Gasteiger partial charge in [-0.1, -0.05) is 24.8 Å². The van der Waals surface area contributed by atoms with Crippen LogP contribution in [0.3, 0.4) is 0 Å². The molecule has 2 rings (SSSR count). The molecule has 0 bridgehead atoms. The van der Waals surface area contributed by atoms with Gasteiger partial charge in [0, 0.05) is 5.39 Å². The van der Waals surface area contributed by atoms with Crippen molar-refractivity contribution >= 4 is 33.2 Å². The van der Waals surface area contributed by atoms with E-state index >= 15 is 0 Å². The maximum atomic E-state index is 10.7. The molecule has 1 heterocycles. The highest BCUT2D eigenvalue weighted by atomic mass is 32.1. The summed E-state index contributed by atoms with van der Waals surface area (Å²) in [6.45, 7) is 3.49. The van der Waals surface area contributed by atoms with E-state index in [1.54, 1.807) is 0 Å². The number of carboxylic acids is 1. The van der Waals surface area contributed by atoms with Crippen LogP contribution in [0.1, 0.15) is 5.69 Å². The van der Waals surface area contributed by atoms with Gasteiger partial charge < -0.3 is 5.11 Å². The Kier molecular flexibility index (Phi) is 2.05. The summed E-state index contributed by atoms with van der Waals surface area (Å²) in [7, 11) is 0. The van der Waals surface area contributed by atoms with E-state index in [1.165, 1.54) is 11.5 Å². The fraction of sp³-hybridized carbons (Fsp3) is 0. The zero-order valence-corrected chi connectivity index (χ0v) is 8.04. The van der Waals surface area contributed by atoms with Crippen LogP contribution in [0.4, 0.5) is 0 Å². The summed E-state index contributed by atoms with van der Waals surface area (Å²) in [6.07, 6.45) is 0. The van der Waals surface area contributed by atoms with Gasteiger partial charge in [-0.15, -0.1) is 0 Å². The minimum atomic E-state index is -1.03. The van der Waals surface area contributed by atoms with Gasteiger partial charge in [0.25, 0.3) is 0 Å². The number of carbonyl (C=O) groups is 1. The minimum Gasteiger partial charge on any atom is -0.478 e. The van der Waals surface area contributed by atoms with Gasteiger partial charge in [-0.2, -0.15) is 4.37 Å². The zero-order valence-electron chi connectivity index (χ0n) is 7.23. The van der Waals surface area contributed by atoms with E-state index in [1.807, 2.05) is 24.3 Å². The van der Waals surface area contributed by atoms with Crippen LogP contribution in [0, 0.1) is 0 Å². The first kappa shape index (κ1) is 8.90. The van der Waals surface area contributed by atoms with Gasteiger partial charge in [0.15, 0.2) is 0 Å². The molecule has 0 aliphatic rings. The van der Waals surface area contributed by atoms with E-state index in [-0.39, 0.29) is 5.57 Å². The monoisotopic (exact) mass is 205 g/mol. The maximum absolute atomic E-state index is 10.7. The molecular formula is C10H7NO2S. The molecule has 1 aromatic heterocycles. The standard InChI is InChI=1S/C10H7NO2S/c1-6(10(12)13)9-7-4-2-3-5-8(7)14-11-9/h2-5H,1H2,(H,12,13). The number of benzene rings is 1. The van der Waals surface area contributed by atoms with Crippen molar-refractivity contribution in [2.24, 2.45) is 0 Å². The van der Waals surface area contributed by atoms with E-state index in [0.717, 1.165) is 10.1 Å². The van der Waals surface area contributed by atoms with E-state index in [9.17, 15) is 4.79 Å². The molecule has 4 heteroatoms. The van der Waals surface area contributed by atoms with Crippen molar-refractivity contribution < 1.29 is 9.90 Å². The third kappa shape index (κ3) is 1.29. The van der Waals surface area contributed by atoms with Crippen LogP contribution < -0.4 is 0 Å². The summed E-state index contributed by atoms with van der Waals surface area (Å²) in [5.41, 5.74) is 0.514. The van der Waals surface area contributed by atoms with Crippen molar-refractivity contribution in [1.29, 1.82) is 0 Å². The Morgan fingerprint density at radius 2 is 2.14 bits per heavy atom. The van der Waals surface area contributed by atoms with E-state index in [4.69, 9.17) is 5.11 Å². The van der Waals surface area contributed by atoms with Crippen LogP contribution in [0.5, 0.6) is 0 Å². The summed E-state index contributed by atoms with van der Waals surface area (Å²) in [4.78, 5) is 10.7. The molecule has 0 fully saturated rings. The molecule has 70 valence electrons. The molecule has 2 aromatic rings. The molecule has 0 radical (unpaired) electrons. The van der Waals surface area contributed by atoms with Crippen molar-refractivity contribution in [3.63, 3.8) is 0 Å². The maximum Gasteiger partial charge on any atom is 0.337 e. The molecule has 0 aliphatic carbocycles. The zero-order chi connectivity index (χ0) is 10.1. The summed E-state index contributed by atoms with van der Waals surface area (Å²) in [5.74, 6) is -1.03.